The van der Waals surface area contributed by atoms with Crippen LogP contribution in [-0.4, -0.2) is 29.5 Å². The molecule has 0 fully saturated rings. The van der Waals surface area contributed by atoms with E-state index in [2.05, 4.69) is 0 Å². The monoisotopic (exact) mass is 194 g/mol. The molecular formula is C10H14N2O2. The molecule has 4 nitrogen and oxygen atoms in total. The standard InChI is InChI=1S/C10H14N2O2/c1-3-11(2)9-5-4-6-10(8-7-9)12(13)14/h4-8,10H,3H2,1-2H3. The lowest BCUT2D eigenvalue weighted by Gasteiger charge is -2.16. The lowest BCUT2D eigenvalue weighted by atomic mass is 10.3. The SMILES string of the molecule is CCN(C)C1=CC=CC([N+](=O)[O-])C=C1. The summed E-state index contributed by atoms with van der Waals surface area (Å²) in [6.45, 7) is 2.92. The second-order valence-electron chi connectivity index (χ2n) is 3.13. The first-order chi connectivity index (χ1) is 6.65. The van der Waals surface area contributed by atoms with E-state index in [0.717, 1.165) is 12.2 Å². The molecule has 0 aromatic heterocycles. The highest BCUT2D eigenvalue weighted by Crippen LogP contribution is 2.09. The molecule has 14 heavy (non-hydrogen) atoms. The van der Waals surface area contributed by atoms with Gasteiger partial charge in [0, 0.05) is 24.2 Å². The lowest BCUT2D eigenvalue weighted by Crippen LogP contribution is -2.16. The van der Waals surface area contributed by atoms with Gasteiger partial charge in [-0.25, -0.2) is 0 Å². The summed E-state index contributed by atoms with van der Waals surface area (Å²) in [6.07, 6.45) is 8.57. The first-order valence-electron chi connectivity index (χ1n) is 4.56. The first-order valence-corrected chi connectivity index (χ1v) is 4.56. The van der Waals surface area contributed by atoms with Gasteiger partial charge in [0.25, 0.3) is 0 Å². The summed E-state index contributed by atoms with van der Waals surface area (Å²) in [5, 5.41) is 10.5. The van der Waals surface area contributed by atoms with Crippen LogP contribution in [0.5, 0.6) is 0 Å². The number of nitro groups is 1. The summed E-state index contributed by atoms with van der Waals surface area (Å²) in [4.78, 5) is 12.2. The number of hydrogen-bond acceptors (Lipinski definition) is 3. The fraction of sp³-hybridized carbons (Fsp3) is 0.400. The Kier molecular flexibility index (Phi) is 3.45. The van der Waals surface area contributed by atoms with Crippen LogP contribution in [0.15, 0.2) is 36.1 Å². The van der Waals surface area contributed by atoms with Crippen molar-refractivity contribution < 1.29 is 4.92 Å². The van der Waals surface area contributed by atoms with E-state index in [0.29, 0.717) is 0 Å². The quantitative estimate of drug-likeness (QED) is 0.506. The molecule has 0 heterocycles. The van der Waals surface area contributed by atoms with Gasteiger partial charge in [0.15, 0.2) is 0 Å². The molecule has 0 N–H and O–H groups in total. The van der Waals surface area contributed by atoms with Crippen LogP contribution in [0.4, 0.5) is 0 Å². The Hall–Kier alpha value is -1.58. The van der Waals surface area contributed by atoms with Crippen LogP contribution < -0.4 is 0 Å². The van der Waals surface area contributed by atoms with Crippen LogP contribution in [-0.2, 0) is 0 Å². The molecule has 0 saturated heterocycles. The van der Waals surface area contributed by atoms with E-state index in [4.69, 9.17) is 0 Å². The molecule has 0 bridgehead atoms. The van der Waals surface area contributed by atoms with Crippen LogP contribution in [0.3, 0.4) is 0 Å². The summed E-state index contributed by atoms with van der Waals surface area (Å²) >= 11 is 0. The maximum absolute atomic E-state index is 10.5. The Balaban J connectivity index is 2.78. The largest absolute Gasteiger partial charge is 0.375 e. The fourth-order valence-corrected chi connectivity index (χ4v) is 1.16. The Morgan fingerprint density at radius 3 is 2.86 bits per heavy atom. The molecule has 4 heteroatoms. The third-order valence-corrected chi connectivity index (χ3v) is 2.20. The van der Waals surface area contributed by atoms with Crippen molar-refractivity contribution in [2.75, 3.05) is 13.6 Å². The second kappa shape index (κ2) is 4.60. The van der Waals surface area contributed by atoms with Crippen LogP contribution >= 0.6 is 0 Å². The highest BCUT2D eigenvalue weighted by molar-refractivity contribution is 5.28. The number of nitrogens with zero attached hydrogens (tertiary/aromatic N) is 2. The van der Waals surface area contributed by atoms with Gasteiger partial charge in [0.05, 0.1) is 0 Å². The van der Waals surface area contributed by atoms with Gasteiger partial charge in [0.2, 0.25) is 6.04 Å². The molecule has 1 aliphatic carbocycles. The number of hydrogen-bond donors (Lipinski definition) is 0. The van der Waals surface area contributed by atoms with Crippen molar-refractivity contribution in [3.8, 4) is 0 Å². The third kappa shape index (κ3) is 2.45. The van der Waals surface area contributed by atoms with Crippen LogP contribution in [0, 0.1) is 10.1 Å². The average molecular weight is 194 g/mol. The molecule has 0 spiro atoms. The van der Waals surface area contributed by atoms with E-state index in [1.165, 1.54) is 0 Å². The highest BCUT2D eigenvalue weighted by Gasteiger charge is 2.13. The van der Waals surface area contributed by atoms with Gasteiger partial charge in [0.1, 0.15) is 0 Å². The summed E-state index contributed by atoms with van der Waals surface area (Å²) in [6, 6.07) is -0.700. The molecule has 0 aliphatic heterocycles. The first kappa shape index (κ1) is 10.5. The van der Waals surface area contributed by atoms with Gasteiger partial charge in [-0.1, -0.05) is 6.08 Å². The molecule has 0 aromatic carbocycles. The maximum Gasteiger partial charge on any atom is 0.250 e. The van der Waals surface area contributed by atoms with Crippen LogP contribution in [0.1, 0.15) is 6.92 Å². The summed E-state index contributed by atoms with van der Waals surface area (Å²) in [7, 11) is 1.95. The Labute approximate surface area is 83.4 Å². The molecule has 0 saturated carbocycles. The smallest absolute Gasteiger partial charge is 0.250 e. The zero-order valence-electron chi connectivity index (χ0n) is 8.38. The van der Waals surface area contributed by atoms with Gasteiger partial charge in [-0.05, 0) is 31.2 Å². The molecule has 1 unspecified atom stereocenters. The van der Waals surface area contributed by atoms with Gasteiger partial charge >= 0.3 is 0 Å². The normalized spacial score (nSPS) is 20.1. The zero-order valence-corrected chi connectivity index (χ0v) is 8.38. The summed E-state index contributed by atoms with van der Waals surface area (Å²) in [5.41, 5.74) is 0.994. The second-order valence-corrected chi connectivity index (χ2v) is 3.13. The van der Waals surface area contributed by atoms with Crippen LogP contribution in [0.2, 0.25) is 0 Å². The molecule has 0 amide bonds. The average Bonchev–Trinajstić information content (AvgIpc) is 2.41. The molecule has 0 radical (unpaired) electrons. The Morgan fingerprint density at radius 1 is 1.57 bits per heavy atom. The van der Waals surface area contributed by atoms with Crippen molar-refractivity contribution in [3.05, 3.63) is 46.2 Å². The van der Waals surface area contributed by atoms with E-state index in [1.54, 1.807) is 24.3 Å². The molecule has 1 atom stereocenters. The van der Waals surface area contributed by atoms with Crippen molar-refractivity contribution in [1.29, 1.82) is 0 Å². The lowest BCUT2D eigenvalue weighted by molar-refractivity contribution is -0.496. The highest BCUT2D eigenvalue weighted by atomic mass is 16.6. The van der Waals surface area contributed by atoms with E-state index >= 15 is 0 Å². The van der Waals surface area contributed by atoms with Gasteiger partial charge in [-0.15, -0.1) is 0 Å². The number of allylic oxidation sites excluding steroid dienone is 3. The predicted octanol–water partition coefficient (Wildman–Crippen LogP) is 1.59. The molecule has 76 valence electrons. The Morgan fingerprint density at radius 2 is 2.29 bits per heavy atom. The van der Waals surface area contributed by atoms with Gasteiger partial charge in [-0.3, -0.25) is 10.1 Å². The Bertz CT molecular complexity index is 305. The predicted molar refractivity (Wildman–Crippen MR) is 55.4 cm³/mol. The number of rotatable bonds is 3. The van der Waals surface area contributed by atoms with Gasteiger partial charge < -0.3 is 4.90 Å². The van der Waals surface area contributed by atoms with E-state index in [9.17, 15) is 10.1 Å². The summed E-state index contributed by atoms with van der Waals surface area (Å²) < 4.78 is 0. The summed E-state index contributed by atoms with van der Waals surface area (Å²) in [5.74, 6) is 0. The minimum absolute atomic E-state index is 0.310. The van der Waals surface area contributed by atoms with Crippen molar-refractivity contribution >= 4 is 0 Å². The van der Waals surface area contributed by atoms with E-state index < -0.39 is 6.04 Å². The zero-order chi connectivity index (χ0) is 10.6. The van der Waals surface area contributed by atoms with E-state index in [-0.39, 0.29) is 4.92 Å². The van der Waals surface area contributed by atoms with Crippen molar-refractivity contribution in [1.82, 2.24) is 4.90 Å². The van der Waals surface area contributed by atoms with Crippen molar-refractivity contribution in [2.24, 2.45) is 0 Å². The minimum Gasteiger partial charge on any atom is -0.375 e. The third-order valence-electron chi connectivity index (χ3n) is 2.20. The van der Waals surface area contributed by atoms with Crippen LogP contribution in [0.25, 0.3) is 0 Å². The van der Waals surface area contributed by atoms with Crippen molar-refractivity contribution in [3.63, 3.8) is 0 Å². The molecular weight excluding hydrogens is 180 g/mol. The molecule has 0 aromatic rings. The van der Waals surface area contributed by atoms with E-state index in [1.807, 2.05) is 24.9 Å². The molecule has 1 rings (SSSR count). The fourth-order valence-electron chi connectivity index (χ4n) is 1.16. The van der Waals surface area contributed by atoms with Crippen molar-refractivity contribution in [2.45, 2.75) is 13.0 Å². The minimum atomic E-state index is -0.700. The van der Waals surface area contributed by atoms with Gasteiger partial charge in [-0.2, -0.15) is 0 Å². The topological polar surface area (TPSA) is 46.4 Å². The maximum atomic E-state index is 10.5. The number of likely N-dealkylation sites (N-methyl/N-ethyl adjacent to an activating group) is 1. The molecule has 1 aliphatic rings.